The first-order valence-electron chi connectivity index (χ1n) is 2.98. The van der Waals surface area contributed by atoms with Gasteiger partial charge in [-0.3, -0.25) is 0 Å². The van der Waals surface area contributed by atoms with Crippen LogP contribution in [0.25, 0.3) is 0 Å². The Morgan fingerprint density at radius 1 is 1.67 bits per heavy atom. The van der Waals surface area contributed by atoms with Gasteiger partial charge in [-0.15, -0.1) is 0 Å². The van der Waals surface area contributed by atoms with E-state index in [0.717, 1.165) is 12.3 Å². The van der Waals surface area contributed by atoms with Crippen molar-refractivity contribution in [1.82, 2.24) is 5.32 Å². The maximum Gasteiger partial charge on any atom is 0.117 e. The van der Waals surface area contributed by atoms with Crippen LogP contribution in [0.15, 0.2) is 23.6 Å². The molecule has 0 amide bonds. The summed E-state index contributed by atoms with van der Waals surface area (Å²) in [5, 5.41) is 3.05. The fraction of sp³-hybridized carbons (Fsp3) is 0.429. The third kappa shape index (κ3) is 1.25. The topological polar surface area (TPSA) is 21.3 Å². The van der Waals surface area contributed by atoms with Gasteiger partial charge in [0.25, 0.3) is 0 Å². The van der Waals surface area contributed by atoms with Crippen LogP contribution >= 0.6 is 0 Å². The maximum absolute atomic E-state index is 5.07. The van der Waals surface area contributed by atoms with Crippen LogP contribution in [-0.2, 0) is 4.74 Å². The highest BCUT2D eigenvalue weighted by Gasteiger charge is 2.01. The second kappa shape index (κ2) is 2.58. The predicted molar refractivity (Wildman–Crippen MR) is 36.9 cm³/mol. The van der Waals surface area contributed by atoms with Crippen molar-refractivity contribution in [1.29, 1.82) is 0 Å². The minimum atomic E-state index is 0.818. The fourth-order valence-electron chi connectivity index (χ4n) is 0.801. The molecule has 0 aromatic rings. The van der Waals surface area contributed by atoms with Crippen LogP contribution in [0, 0.1) is 0 Å². The molecule has 0 aromatic carbocycles. The molecule has 2 nitrogen and oxygen atoms in total. The Morgan fingerprint density at radius 3 is 2.89 bits per heavy atom. The highest BCUT2D eigenvalue weighted by molar-refractivity contribution is 5.24. The molecule has 0 saturated carbocycles. The minimum Gasteiger partial charge on any atom is -0.499 e. The van der Waals surface area contributed by atoms with Crippen molar-refractivity contribution < 1.29 is 4.74 Å². The van der Waals surface area contributed by atoms with Crippen LogP contribution in [0.4, 0.5) is 0 Å². The first-order valence-corrected chi connectivity index (χ1v) is 2.98. The van der Waals surface area contributed by atoms with E-state index in [1.807, 2.05) is 19.2 Å². The van der Waals surface area contributed by atoms with Gasteiger partial charge in [-0.05, 0) is 24.8 Å². The van der Waals surface area contributed by atoms with E-state index in [2.05, 4.69) is 5.32 Å². The Morgan fingerprint density at radius 2 is 2.44 bits per heavy atom. The molecule has 0 spiro atoms. The number of nitrogens with one attached hydrogen (secondary N) is 1. The molecule has 9 heavy (non-hydrogen) atoms. The Bertz CT molecular complexity index is 158. The van der Waals surface area contributed by atoms with Gasteiger partial charge >= 0.3 is 0 Å². The van der Waals surface area contributed by atoms with Gasteiger partial charge in [0.2, 0.25) is 0 Å². The monoisotopic (exact) mass is 125 g/mol. The second-order valence-electron chi connectivity index (χ2n) is 2.02. The lowest BCUT2D eigenvalue weighted by Crippen LogP contribution is -2.15. The van der Waals surface area contributed by atoms with E-state index in [4.69, 9.17) is 4.74 Å². The molecule has 1 aliphatic rings. The number of hydrogen-bond donors (Lipinski definition) is 1. The number of ether oxygens (including phenoxy) is 1. The summed E-state index contributed by atoms with van der Waals surface area (Å²) in [5.41, 5.74) is 1.20. The van der Waals surface area contributed by atoms with E-state index in [0.29, 0.717) is 0 Å². The van der Waals surface area contributed by atoms with Crippen LogP contribution < -0.4 is 5.32 Å². The molecule has 1 heterocycles. The molecule has 1 rings (SSSR count). The van der Waals surface area contributed by atoms with Gasteiger partial charge in [0.05, 0.1) is 13.7 Å². The van der Waals surface area contributed by atoms with Crippen molar-refractivity contribution in [3.8, 4) is 0 Å². The van der Waals surface area contributed by atoms with Gasteiger partial charge in [0, 0.05) is 0 Å². The van der Waals surface area contributed by atoms with E-state index in [-0.39, 0.29) is 0 Å². The molecule has 0 aliphatic carbocycles. The van der Waals surface area contributed by atoms with Crippen LogP contribution in [0.3, 0.4) is 0 Å². The minimum absolute atomic E-state index is 0.818. The summed E-state index contributed by atoms with van der Waals surface area (Å²) < 4.78 is 5.07. The van der Waals surface area contributed by atoms with Crippen LogP contribution in [0.2, 0.25) is 0 Å². The van der Waals surface area contributed by atoms with Gasteiger partial charge in [-0.25, -0.2) is 0 Å². The summed E-state index contributed by atoms with van der Waals surface area (Å²) in [6.07, 6.45) is 3.93. The standard InChI is InChI=1S/C7H11NO/c1-6-3-4-8-5-7(6)9-2/h3-4,8H,5H2,1-2H3. The zero-order valence-electron chi connectivity index (χ0n) is 5.77. The SMILES string of the molecule is COC1=C(C)C=CNC1. The number of rotatable bonds is 1. The average Bonchev–Trinajstić information content (AvgIpc) is 1.89. The zero-order chi connectivity index (χ0) is 6.69. The van der Waals surface area contributed by atoms with Crippen LogP contribution in [-0.4, -0.2) is 13.7 Å². The summed E-state index contributed by atoms with van der Waals surface area (Å²) >= 11 is 0. The Hall–Kier alpha value is -0.920. The molecule has 50 valence electrons. The average molecular weight is 125 g/mol. The Labute approximate surface area is 55.2 Å². The third-order valence-corrected chi connectivity index (χ3v) is 1.40. The molecular formula is C7H11NO. The van der Waals surface area contributed by atoms with Crippen molar-refractivity contribution >= 4 is 0 Å². The van der Waals surface area contributed by atoms with E-state index in [9.17, 15) is 0 Å². The summed E-state index contributed by atoms with van der Waals surface area (Å²) in [5.74, 6) is 1.03. The first kappa shape index (κ1) is 6.20. The molecular weight excluding hydrogens is 114 g/mol. The molecule has 2 heteroatoms. The van der Waals surface area contributed by atoms with Gasteiger partial charge in [0.15, 0.2) is 0 Å². The first-order chi connectivity index (χ1) is 4.34. The number of hydrogen-bond acceptors (Lipinski definition) is 2. The molecule has 0 radical (unpaired) electrons. The lowest BCUT2D eigenvalue weighted by molar-refractivity contribution is 0.278. The van der Waals surface area contributed by atoms with Gasteiger partial charge in [-0.2, -0.15) is 0 Å². The second-order valence-corrected chi connectivity index (χ2v) is 2.02. The molecule has 0 unspecified atom stereocenters. The molecule has 0 bridgehead atoms. The van der Waals surface area contributed by atoms with Gasteiger partial charge in [0.1, 0.15) is 5.76 Å². The molecule has 1 aliphatic heterocycles. The molecule has 0 saturated heterocycles. The smallest absolute Gasteiger partial charge is 0.117 e. The highest BCUT2D eigenvalue weighted by Crippen LogP contribution is 2.07. The summed E-state index contributed by atoms with van der Waals surface area (Å²) in [6, 6.07) is 0. The summed E-state index contributed by atoms with van der Waals surface area (Å²) in [4.78, 5) is 0. The molecule has 1 N–H and O–H groups in total. The largest absolute Gasteiger partial charge is 0.499 e. The van der Waals surface area contributed by atoms with E-state index in [1.54, 1.807) is 7.11 Å². The van der Waals surface area contributed by atoms with E-state index in [1.165, 1.54) is 5.57 Å². The van der Waals surface area contributed by atoms with Crippen LogP contribution in [0.5, 0.6) is 0 Å². The van der Waals surface area contributed by atoms with Gasteiger partial charge < -0.3 is 10.1 Å². The van der Waals surface area contributed by atoms with Crippen molar-refractivity contribution in [2.45, 2.75) is 6.92 Å². The number of methoxy groups -OCH3 is 1. The maximum atomic E-state index is 5.07. The quantitative estimate of drug-likeness (QED) is 0.565. The summed E-state index contributed by atoms with van der Waals surface area (Å²) in [7, 11) is 1.69. The number of dihydropyridines is 1. The Balaban J connectivity index is 2.72. The lowest BCUT2D eigenvalue weighted by Gasteiger charge is -2.12. The molecule has 0 atom stereocenters. The molecule has 0 aromatic heterocycles. The Kier molecular flexibility index (Phi) is 1.78. The van der Waals surface area contributed by atoms with E-state index < -0.39 is 0 Å². The lowest BCUT2D eigenvalue weighted by atomic mass is 10.2. The highest BCUT2D eigenvalue weighted by atomic mass is 16.5. The van der Waals surface area contributed by atoms with Gasteiger partial charge in [-0.1, -0.05) is 0 Å². The predicted octanol–water partition coefficient (Wildman–Crippen LogP) is 1.02. The third-order valence-electron chi connectivity index (χ3n) is 1.40. The van der Waals surface area contributed by atoms with E-state index >= 15 is 0 Å². The number of allylic oxidation sites excluding steroid dienone is 2. The zero-order valence-corrected chi connectivity index (χ0v) is 5.77. The van der Waals surface area contributed by atoms with Crippen molar-refractivity contribution in [2.24, 2.45) is 0 Å². The summed E-state index contributed by atoms with van der Waals surface area (Å²) in [6.45, 7) is 2.86. The normalized spacial score (nSPS) is 17.6. The van der Waals surface area contributed by atoms with Crippen molar-refractivity contribution in [3.05, 3.63) is 23.6 Å². The fourth-order valence-corrected chi connectivity index (χ4v) is 0.801. The van der Waals surface area contributed by atoms with Crippen molar-refractivity contribution in [2.75, 3.05) is 13.7 Å². The molecule has 0 fully saturated rings. The van der Waals surface area contributed by atoms with Crippen LogP contribution in [0.1, 0.15) is 6.92 Å². The van der Waals surface area contributed by atoms with Crippen molar-refractivity contribution in [3.63, 3.8) is 0 Å².